The number of ether oxygens (including phenoxy) is 3. The number of amides is 1. The minimum absolute atomic E-state index is 0.197. The highest BCUT2D eigenvalue weighted by Gasteiger charge is 2.47. The first-order valence-corrected chi connectivity index (χ1v) is 18.5. The molecule has 3 aliphatic heterocycles. The first-order valence-electron chi connectivity index (χ1n) is 18.1. The molecule has 5 atom stereocenters. The van der Waals surface area contributed by atoms with Gasteiger partial charge in [-0.05, 0) is 91.3 Å². The fraction of sp³-hybridized carbons (Fsp3) is 0.590. The van der Waals surface area contributed by atoms with Gasteiger partial charge in [-0.3, -0.25) is 9.69 Å². The van der Waals surface area contributed by atoms with Gasteiger partial charge in [-0.15, -0.1) is 0 Å². The van der Waals surface area contributed by atoms with Crippen molar-refractivity contribution in [2.24, 2.45) is 11.8 Å². The first-order chi connectivity index (χ1) is 24.4. The second-order valence-corrected chi connectivity index (χ2v) is 15.7. The molecule has 9 nitrogen and oxygen atoms in total. The number of aliphatic hydroxyl groups is 1. The zero-order valence-electron chi connectivity index (χ0n) is 29.4. The Morgan fingerprint density at radius 1 is 1.14 bits per heavy atom. The Bertz CT molecular complexity index is 1670. The Balaban J connectivity index is 1.25. The van der Waals surface area contributed by atoms with Crippen molar-refractivity contribution >= 4 is 29.2 Å². The summed E-state index contributed by atoms with van der Waals surface area (Å²) in [6.07, 6.45) is 8.74. The molecule has 2 aromatic rings. The van der Waals surface area contributed by atoms with Crippen LogP contribution < -0.4 is 9.64 Å². The average molecular weight is 728 g/mol. The van der Waals surface area contributed by atoms with Crippen molar-refractivity contribution < 1.29 is 37.7 Å². The summed E-state index contributed by atoms with van der Waals surface area (Å²) in [6, 6.07) is 11.4. The summed E-state index contributed by atoms with van der Waals surface area (Å²) in [5, 5.41) is 12.7. The van der Waals surface area contributed by atoms with Gasteiger partial charge in [0.25, 0.3) is 5.92 Å². The van der Waals surface area contributed by atoms with E-state index in [1.165, 1.54) is 23.1 Å². The van der Waals surface area contributed by atoms with Crippen molar-refractivity contribution in [3.05, 3.63) is 70.3 Å². The largest absolute Gasteiger partial charge is 0.490 e. The molecule has 2 aliphatic carbocycles. The number of esters is 1. The van der Waals surface area contributed by atoms with Crippen molar-refractivity contribution in [2.75, 3.05) is 71.5 Å². The van der Waals surface area contributed by atoms with Gasteiger partial charge in [0.1, 0.15) is 5.75 Å². The molecule has 276 valence electrons. The Morgan fingerprint density at radius 3 is 2.71 bits per heavy atom. The third kappa shape index (κ3) is 7.24. The van der Waals surface area contributed by atoms with Gasteiger partial charge in [0, 0.05) is 43.7 Å². The molecule has 0 unspecified atom stereocenters. The highest BCUT2D eigenvalue weighted by molar-refractivity contribution is 6.30. The Morgan fingerprint density at radius 2 is 1.96 bits per heavy atom. The number of rotatable bonds is 5. The minimum Gasteiger partial charge on any atom is -0.490 e. The maximum atomic E-state index is 13.5. The molecule has 1 N–H and O–H groups in total. The second-order valence-electron chi connectivity index (χ2n) is 15.3. The van der Waals surface area contributed by atoms with Crippen LogP contribution in [-0.2, 0) is 36.5 Å². The SMILES string of the molecule is COC(=O)[C@@]1(O)CC(=O)N(C)CC/C=C/[C@H](OCCN2CC(F)(F)C2)[C@@H]2CC[C@H]2CN2C[C@@]3(CCCc4cc(Cl)ccc43)COc3ccc1cc32. The van der Waals surface area contributed by atoms with Crippen molar-refractivity contribution in [2.45, 2.75) is 68.0 Å². The van der Waals surface area contributed by atoms with Crippen molar-refractivity contribution in [3.63, 3.8) is 0 Å². The van der Waals surface area contributed by atoms with E-state index in [9.17, 15) is 23.5 Å². The number of likely N-dealkylation sites (tertiary alicyclic amines) is 1. The third-order valence-electron chi connectivity index (χ3n) is 11.8. The average Bonchev–Trinajstić information content (AvgIpc) is 3.23. The number of fused-ring (bicyclic) bond motifs is 4. The molecule has 2 aromatic carbocycles. The number of nitrogens with zero attached hydrogens (tertiary/aromatic N) is 3. The number of hydrogen-bond acceptors (Lipinski definition) is 8. The number of aryl methyl sites for hydroxylation is 1. The molecule has 5 aliphatic rings. The number of anilines is 1. The molecule has 51 heavy (non-hydrogen) atoms. The zero-order valence-corrected chi connectivity index (χ0v) is 30.2. The summed E-state index contributed by atoms with van der Waals surface area (Å²) in [6.45, 7) is 2.48. The molecule has 3 heterocycles. The molecule has 1 amide bonds. The number of carbonyl (C=O) groups excluding carboxylic acids is 2. The number of alkyl halides is 2. The Hall–Kier alpha value is -3.25. The molecule has 2 bridgehead atoms. The number of halogens is 3. The molecule has 1 saturated heterocycles. The summed E-state index contributed by atoms with van der Waals surface area (Å²) < 4.78 is 45.2. The van der Waals surface area contributed by atoms with E-state index >= 15 is 0 Å². The normalized spacial score (nSPS) is 31.3. The lowest BCUT2D eigenvalue weighted by atomic mass is 9.68. The van der Waals surface area contributed by atoms with Gasteiger partial charge in [0.15, 0.2) is 5.60 Å². The summed E-state index contributed by atoms with van der Waals surface area (Å²) in [4.78, 5) is 32.3. The van der Waals surface area contributed by atoms with Crippen molar-refractivity contribution in [1.82, 2.24) is 9.80 Å². The van der Waals surface area contributed by atoms with Crippen LogP contribution in [0.25, 0.3) is 0 Å². The predicted molar refractivity (Wildman–Crippen MR) is 189 cm³/mol. The van der Waals surface area contributed by atoms with Crippen LogP contribution in [0.5, 0.6) is 5.75 Å². The fourth-order valence-electron chi connectivity index (χ4n) is 8.75. The molecule has 1 saturated carbocycles. The van der Waals surface area contributed by atoms with Gasteiger partial charge in [0.2, 0.25) is 5.91 Å². The van der Waals surface area contributed by atoms with E-state index in [2.05, 4.69) is 23.1 Å². The lowest BCUT2D eigenvalue weighted by molar-refractivity contribution is -0.168. The molecular formula is C39H48ClF2N3O6. The number of benzene rings is 2. The molecular weight excluding hydrogens is 680 g/mol. The molecule has 0 aromatic heterocycles. The monoisotopic (exact) mass is 727 g/mol. The van der Waals surface area contributed by atoms with Crippen molar-refractivity contribution in [3.8, 4) is 5.75 Å². The summed E-state index contributed by atoms with van der Waals surface area (Å²) in [5.74, 6) is -2.83. The topological polar surface area (TPSA) is 91.8 Å². The summed E-state index contributed by atoms with van der Waals surface area (Å²) in [7, 11) is 2.86. The first kappa shape index (κ1) is 36.1. The van der Waals surface area contributed by atoms with E-state index in [4.69, 9.17) is 25.8 Å². The highest BCUT2D eigenvalue weighted by atomic mass is 35.5. The van der Waals surface area contributed by atoms with E-state index in [1.807, 2.05) is 12.1 Å². The maximum Gasteiger partial charge on any atom is 0.343 e. The summed E-state index contributed by atoms with van der Waals surface area (Å²) in [5.41, 5.74) is 0.932. The molecule has 2 fully saturated rings. The molecule has 7 rings (SSSR count). The van der Waals surface area contributed by atoms with E-state index < -0.39 is 29.8 Å². The van der Waals surface area contributed by atoms with Gasteiger partial charge in [-0.1, -0.05) is 35.9 Å². The highest BCUT2D eigenvalue weighted by Crippen LogP contribution is 2.48. The standard InChI is InChI=1S/C39H48ClF2N3O6/c1-43-15-4-3-7-33(50-17-16-44-23-38(41,42)24-44)30-11-8-27(30)21-45-22-37(14-5-6-26-18-29(40)10-12-31(26)37)25-51-34-13-9-28(19-32(34)45)39(48,20-35(43)46)36(47)49-2/h3,7,9-10,12-13,18-19,27,30,33,48H,4-6,8,11,14-17,20-25H2,1-2H3/b7-3+/t27-,30+,33-,37-,39+/m0/s1. The Kier molecular flexibility index (Phi) is 10.1. The third-order valence-corrected chi connectivity index (χ3v) is 12.0. The van der Waals surface area contributed by atoms with Gasteiger partial charge < -0.3 is 29.1 Å². The number of methoxy groups -OCH3 is 1. The number of carbonyl (C=O) groups is 2. The lowest BCUT2D eigenvalue weighted by Crippen LogP contribution is -2.57. The van der Waals surface area contributed by atoms with Crippen molar-refractivity contribution in [1.29, 1.82) is 0 Å². The molecule has 1 spiro atoms. The van der Waals surface area contributed by atoms with E-state index in [0.717, 1.165) is 37.8 Å². The van der Waals surface area contributed by atoms with Crippen LogP contribution in [0.15, 0.2) is 48.6 Å². The van der Waals surface area contributed by atoms with Crippen LogP contribution in [0.2, 0.25) is 5.02 Å². The van der Waals surface area contributed by atoms with Crippen LogP contribution >= 0.6 is 11.6 Å². The molecule has 12 heteroatoms. The number of hydrogen-bond donors (Lipinski definition) is 1. The minimum atomic E-state index is -2.62. The van der Waals surface area contributed by atoms with Gasteiger partial charge in [-0.25, -0.2) is 13.6 Å². The van der Waals surface area contributed by atoms with Gasteiger partial charge >= 0.3 is 5.97 Å². The summed E-state index contributed by atoms with van der Waals surface area (Å²) >= 11 is 6.46. The Labute approximate surface area is 303 Å². The zero-order chi connectivity index (χ0) is 36.0. The van der Waals surface area contributed by atoms with E-state index in [1.54, 1.807) is 30.1 Å². The fourth-order valence-corrected chi connectivity index (χ4v) is 8.95. The van der Waals surface area contributed by atoms with Crippen LogP contribution in [0.4, 0.5) is 14.5 Å². The van der Waals surface area contributed by atoms with E-state index in [-0.39, 0.29) is 42.0 Å². The van der Waals surface area contributed by atoms with Crippen LogP contribution in [-0.4, -0.2) is 105 Å². The van der Waals surface area contributed by atoms with Crippen LogP contribution in [0.1, 0.15) is 55.2 Å². The maximum absolute atomic E-state index is 13.5. The van der Waals surface area contributed by atoms with Crippen LogP contribution in [0.3, 0.4) is 0 Å². The lowest BCUT2D eigenvalue weighted by Gasteiger charge is -2.46. The van der Waals surface area contributed by atoms with Gasteiger partial charge in [-0.2, -0.15) is 0 Å². The quantitative estimate of drug-likeness (QED) is 0.326. The smallest absolute Gasteiger partial charge is 0.343 e. The van der Waals surface area contributed by atoms with Gasteiger partial charge in [0.05, 0.1) is 51.6 Å². The van der Waals surface area contributed by atoms with Crippen LogP contribution in [0, 0.1) is 11.8 Å². The second kappa shape index (κ2) is 14.3. The molecule has 0 radical (unpaired) electrons. The van der Waals surface area contributed by atoms with E-state index in [0.29, 0.717) is 56.6 Å². The predicted octanol–water partition coefficient (Wildman–Crippen LogP) is 5.34.